The molecule has 2 aliphatic rings. The summed E-state index contributed by atoms with van der Waals surface area (Å²) in [7, 11) is 1.67. The highest BCUT2D eigenvalue weighted by molar-refractivity contribution is 6.00. The van der Waals surface area contributed by atoms with Crippen LogP contribution in [0.15, 0.2) is 48.5 Å². The molecule has 2 saturated heterocycles. The summed E-state index contributed by atoms with van der Waals surface area (Å²) in [6.45, 7) is 6.99. The van der Waals surface area contributed by atoms with Crippen LogP contribution >= 0.6 is 0 Å². The molecular weight excluding hydrogens is 426 g/mol. The summed E-state index contributed by atoms with van der Waals surface area (Å²) in [5.74, 6) is 1.74. The molecule has 1 amide bonds. The van der Waals surface area contributed by atoms with Gasteiger partial charge in [0.25, 0.3) is 5.91 Å². The molecular formula is C28H35N3O3. The number of hydrogen-bond acceptors (Lipinski definition) is 4. The van der Waals surface area contributed by atoms with Crippen molar-refractivity contribution in [1.29, 1.82) is 0 Å². The average Bonchev–Trinajstić information content (AvgIpc) is 3.61. The van der Waals surface area contributed by atoms with Crippen molar-refractivity contribution < 1.29 is 14.3 Å². The molecule has 0 radical (unpaired) electrons. The Morgan fingerprint density at radius 3 is 2.44 bits per heavy atom. The monoisotopic (exact) mass is 461 g/mol. The minimum absolute atomic E-state index is 0.0872. The van der Waals surface area contributed by atoms with Gasteiger partial charge in [-0.25, -0.2) is 0 Å². The first-order chi connectivity index (χ1) is 16.6. The summed E-state index contributed by atoms with van der Waals surface area (Å²) in [6.07, 6.45) is 5.80. The molecule has 6 nitrogen and oxygen atoms in total. The van der Waals surface area contributed by atoms with Crippen molar-refractivity contribution in [2.75, 3.05) is 39.9 Å². The minimum atomic E-state index is 0.0872. The Bertz CT molecular complexity index is 1130. The lowest BCUT2D eigenvalue weighted by Gasteiger charge is -2.20. The summed E-state index contributed by atoms with van der Waals surface area (Å²) in [5, 5.41) is 0.998. The van der Waals surface area contributed by atoms with Crippen molar-refractivity contribution in [3.8, 4) is 17.2 Å². The van der Waals surface area contributed by atoms with Crippen LogP contribution in [0.1, 0.15) is 49.5 Å². The zero-order valence-corrected chi connectivity index (χ0v) is 20.3. The normalized spacial score (nSPS) is 18.6. The van der Waals surface area contributed by atoms with E-state index in [1.807, 2.05) is 53.4 Å². The van der Waals surface area contributed by atoms with E-state index in [2.05, 4.69) is 16.4 Å². The van der Waals surface area contributed by atoms with Gasteiger partial charge in [0.15, 0.2) is 0 Å². The van der Waals surface area contributed by atoms with Gasteiger partial charge < -0.3 is 23.8 Å². The van der Waals surface area contributed by atoms with Gasteiger partial charge in [-0.15, -0.1) is 0 Å². The van der Waals surface area contributed by atoms with Crippen LogP contribution in [0.5, 0.6) is 11.5 Å². The molecule has 180 valence electrons. The Morgan fingerprint density at radius 2 is 1.74 bits per heavy atom. The van der Waals surface area contributed by atoms with Crippen molar-refractivity contribution >= 4 is 16.8 Å². The summed E-state index contributed by atoms with van der Waals surface area (Å²) in [4.78, 5) is 17.9. The van der Waals surface area contributed by atoms with E-state index >= 15 is 0 Å². The molecule has 3 heterocycles. The number of benzene rings is 2. The predicted octanol–water partition coefficient (Wildman–Crippen LogP) is 5.13. The SMILES string of the molecule is COc1ccc2c(c1)cc(C(=O)N1CCCC1)n2-c1ccc(OCCCN2CCCC2C)cc1. The molecule has 1 aromatic heterocycles. The second-order valence-corrected chi connectivity index (χ2v) is 9.51. The molecule has 0 bridgehead atoms. The summed E-state index contributed by atoms with van der Waals surface area (Å²) in [5.41, 5.74) is 2.65. The minimum Gasteiger partial charge on any atom is -0.497 e. The zero-order chi connectivity index (χ0) is 23.5. The molecule has 1 unspecified atom stereocenters. The highest BCUT2D eigenvalue weighted by Crippen LogP contribution is 2.30. The fraction of sp³-hybridized carbons (Fsp3) is 0.464. The lowest BCUT2D eigenvalue weighted by Crippen LogP contribution is -2.29. The Balaban J connectivity index is 1.35. The number of amides is 1. The summed E-state index contributed by atoms with van der Waals surface area (Å²) >= 11 is 0. The van der Waals surface area contributed by atoms with E-state index < -0.39 is 0 Å². The zero-order valence-electron chi connectivity index (χ0n) is 20.3. The van der Waals surface area contributed by atoms with E-state index in [0.717, 1.165) is 67.0 Å². The molecule has 0 spiro atoms. The Labute approximate surface area is 202 Å². The maximum atomic E-state index is 13.4. The van der Waals surface area contributed by atoms with Crippen molar-refractivity contribution in [3.63, 3.8) is 0 Å². The van der Waals surface area contributed by atoms with E-state index in [0.29, 0.717) is 18.3 Å². The van der Waals surface area contributed by atoms with Gasteiger partial charge in [-0.3, -0.25) is 4.79 Å². The second-order valence-electron chi connectivity index (χ2n) is 9.51. The topological polar surface area (TPSA) is 46.9 Å². The largest absolute Gasteiger partial charge is 0.497 e. The molecule has 2 fully saturated rings. The number of hydrogen-bond donors (Lipinski definition) is 0. The van der Waals surface area contributed by atoms with Gasteiger partial charge >= 0.3 is 0 Å². The van der Waals surface area contributed by atoms with Gasteiger partial charge in [-0.05, 0) is 94.1 Å². The lowest BCUT2D eigenvalue weighted by atomic mass is 10.2. The number of likely N-dealkylation sites (tertiary alicyclic amines) is 2. The Kier molecular flexibility index (Phi) is 6.77. The smallest absolute Gasteiger partial charge is 0.270 e. The molecule has 0 aliphatic carbocycles. The van der Waals surface area contributed by atoms with Crippen LogP contribution in [0.3, 0.4) is 0 Å². The Hall–Kier alpha value is -2.99. The van der Waals surface area contributed by atoms with Gasteiger partial charge in [0.05, 0.1) is 19.2 Å². The van der Waals surface area contributed by atoms with Crippen LogP contribution < -0.4 is 9.47 Å². The maximum absolute atomic E-state index is 13.4. The number of nitrogens with zero attached hydrogens (tertiary/aromatic N) is 3. The van der Waals surface area contributed by atoms with Crippen molar-refractivity contribution in [1.82, 2.24) is 14.4 Å². The average molecular weight is 462 g/mol. The highest BCUT2D eigenvalue weighted by atomic mass is 16.5. The van der Waals surface area contributed by atoms with Crippen LogP contribution in [-0.2, 0) is 0 Å². The number of carbonyl (C=O) groups excluding carboxylic acids is 1. The van der Waals surface area contributed by atoms with Crippen LogP contribution in [0, 0.1) is 0 Å². The van der Waals surface area contributed by atoms with E-state index in [1.165, 1.54) is 19.4 Å². The van der Waals surface area contributed by atoms with Gasteiger partial charge in [0, 0.05) is 36.7 Å². The molecule has 0 N–H and O–H groups in total. The molecule has 1 atom stereocenters. The van der Waals surface area contributed by atoms with Gasteiger partial charge in [-0.2, -0.15) is 0 Å². The first kappa shape index (κ1) is 22.8. The number of methoxy groups -OCH3 is 1. The Morgan fingerprint density at radius 1 is 0.971 bits per heavy atom. The van der Waals surface area contributed by atoms with Crippen molar-refractivity contribution in [2.45, 2.75) is 45.1 Å². The lowest BCUT2D eigenvalue weighted by molar-refractivity contribution is 0.0785. The van der Waals surface area contributed by atoms with Crippen molar-refractivity contribution in [3.05, 3.63) is 54.2 Å². The fourth-order valence-electron chi connectivity index (χ4n) is 5.31. The van der Waals surface area contributed by atoms with Gasteiger partial charge in [0.1, 0.15) is 17.2 Å². The molecule has 34 heavy (non-hydrogen) atoms. The molecule has 5 rings (SSSR count). The highest BCUT2D eigenvalue weighted by Gasteiger charge is 2.25. The standard InChI is InChI=1S/C28H35N3O3/c1-21-7-5-16-29(21)17-6-18-34-24-10-8-23(9-11-24)31-26-13-12-25(33-2)19-22(26)20-27(31)28(32)30-14-3-4-15-30/h8-13,19-21H,3-7,14-18H2,1-2H3. The first-order valence-electron chi connectivity index (χ1n) is 12.6. The third-order valence-electron chi connectivity index (χ3n) is 7.27. The molecule has 2 aromatic carbocycles. The first-order valence-corrected chi connectivity index (χ1v) is 12.6. The number of fused-ring (bicyclic) bond motifs is 1. The van der Waals surface area contributed by atoms with Crippen LogP contribution in [-0.4, -0.2) is 66.2 Å². The van der Waals surface area contributed by atoms with E-state index in [1.54, 1.807) is 7.11 Å². The number of ether oxygens (including phenoxy) is 2. The fourth-order valence-corrected chi connectivity index (χ4v) is 5.31. The van der Waals surface area contributed by atoms with E-state index in [4.69, 9.17) is 9.47 Å². The van der Waals surface area contributed by atoms with E-state index in [9.17, 15) is 4.79 Å². The molecule has 6 heteroatoms. The number of aromatic nitrogens is 1. The van der Waals surface area contributed by atoms with Crippen molar-refractivity contribution in [2.24, 2.45) is 0 Å². The van der Waals surface area contributed by atoms with Gasteiger partial charge in [-0.1, -0.05) is 0 Å². The van der Waals surface area contributed by atoms with Crippen LogP contribution in [0.25, 0.3) is 16.6 Å². The predicted molar refractivity (Wildman–Crippen MR) is 135 cm³/mol. The molecule has 0 saturated carbocycles. The molecule has 3 aromatic rings. The van der Waals surface area contributed by atoms with Crippen LogP contribution in [0.4, 0.5) is 0 Å². The summed E-state index contributed by atoms with van der Waals surface area (Å²) < 4.78 is 13.5. The quantitative estimate of drug-likeness (QED) is 0.437. The van der Waals surface area contributed by atoms with Crippen LogP contribution in [0.2, 0.25) is 0 Å². The number of rotatable bonds is 8. The summed E-state index contributed by atoms with van der Waals surface area (Å²) in [6, 6.07) is 16.8. The molecule has 2 aliphatic heterocycles. The number of carbonyl (C=O) groups is 1. The maximum Gasteiger partial charge on any atom is 0.270 e. The third-order valence-corrected chi connectivity index (χ3v) is 7.27. The van der Waals surface area contributed by atoms with Gasteiger partial charge in [0.2, 0.25) is 0 Å². The third kappa shape index (κ3) is 4.64. The van der Waals surface area contributed by atoms with E-state index in [-0.39, 0.29) is 5.91 Å². The second kappa shape index (κ2) is 10.1.